The first-order valence-corrected chi connectivity index (χ1v) is 7.15. The van der Waals surface area contributed by atoms with Crippen LogP contribution < -0.4 is 10.6 Å². The van der Waals surface area contributed by atoms with Gasteiger partial charge in [-0.05, 0) is 43.0 Å². The van der Waals surface area contributed by atoms with Crippen molar-refractivity contribution < 1.29 is 9.84 Å². The van der Waals surface area contributed by atoms with Gasteiger partial charge >= 0.3 is 0 Å². The van der Waals surface area contributed by atoms with E-state index in [2.05, 4.69) is 28.8 Å². The van der Waals surface area contributed by atoms with E-state index >= 15 is 0 Å². The van der Waals surface area contributed by atoms with Gasteiger partial charge in [0, 0.05) is 18.8 Å². The van der Waals surface area contributed by atoms with Crippen LogP contribution in [0.5, 0.6) is 0 Å². The molecule has 1 heterocycles. The second-order valence-electron chi connectivity index (χ2n) is 4.86. The summed E-state index contributed by atoms with van der Waals surface area (Å²) in [5, 5.41) is 15.3. The monoisotopic (exact) mass is 264 g/mol. The molecule has 1 aromatic rings. The normalized spacial score (nSPS) is 13.9. The molecule has 0 atom stereocenters. The summed E-state index contributed by atoms with van der Waals surface area (Å²) >= 11 is 0. The van der Waals surface area contributed by atoms with Crippen LogP contribution >= 0.6 is 0 Å². The van der Waals surface area contributed by atoms with E-state index in [-0.39, 0.29) is 6.61 Å². The van der Waals surface area contributed by atoms with Crippen molar-refractivity contribution in [2.24, 2.45) is 0 Å². The van der Waals surface area contributed by atoms with Crippen LogP contribution in [0.3, 0.4) is 0 Å². The van der Waals surface area contributed by atoms with E-state index in [1.807, 2.05) is 0 Å². The molecule has 0 saturated carbocycles. The zero-order chi connectivity index (χ0) is 13.3. The number of aryl methyl sites for hydroxylation is 1. The number of hydrogen-bond acceptors (Lipinski definition) is 4. The number of aliphatic hydroxyl groups is 1. The molecule has 4 nitrogen and oxygen atoms in total. The van der Waals surface area contributed by atoms with Crippen LogP contribution in [0.2, 0.25) is 0 Å². The number of anilines is 1. The molecule has 1 aromatic carbocycles. The van der Waals surface area contributed by atoms with Gasteiger partial charge in [0.2, 0.25) is 0 Å². The van der Waals surface area contributed by atoms with Crippen LogP contribution in [0.25, 0.3) is 0 Å². The molecule has 106 valence electrons. The quantitative estimate of drug-likeness (QED) is 0.617. The first-order chi connectivity index (χ1) is 9.40. The Morgan fingerprint density at radius 1 is 1.26 bits per heavy atom. The number of ether oxygens (including phenoxy) is 1. The molecule has 0 aliphatic carbocycles. The summed E-state index contributed by atoms with van der Waals surface area (Å²) in [4.78, 5) is 0. The fourth-order valence-corrected chi connectivity index (χ4v) is 2.35. The zero-order valence-electron chi connectivity index (χ0n) is 11.5. The van der Waals surface area contributed by atoms with Gasteiger partial charge in [0.15, 0.2) is 0 Å². The van der Waals surface area contributed by atoms with Crippen molar-refractivity contribution in [3.63, 3.8) is 0 Å². The largest absolute Gasteiger partial charge is 0.394 e. The molecule has 1 aliphatic heterocycles. The number of rotatable bonds is 8. The predicted molar refractivity (Wildman–Crippen MR) is 77.7 cm³/mol. The maximum atomic E-state index is 8.56. The molecule has 0 spiro atoms. The smallest absolute Gasteiger partial charge is 0.0698 e. The fourth-order valence-electron chi connectivity index (χ4n) is 2.35. The topological polar surface area (TPSA) is 53.5 Å². The first kappa shape index (κ1) is 14.3. The lowest BCUT2D eigenvalue weighted by Crippen LogP contribution is -2.23. The van der Waals surface area contributed by atoms with Gasteiger partial charge in [0.25, 0.3) is 0 Å². The number of aliphatic hydroxyl groups excluding tert-OH is 1. The molecule has 0 amide bonds. The number of fused-ring (bicyclic) bond motifs is 1. The van der Waals surface area contributed by atoms with Crippen molar-refractivity contribution in [2.75, 3.05) is 44.8 Å². The summed E-state index contributed by atoms with van der Waals surface area (Å²) in [6.45, 7) is 4.10. The Balaban J connectivity index is 1.66. The molecular weight excluding hydrogens is 240 g/mol. The Bertz CT molecular complexity index is 382. The molecule has 4 heteroatoms. The van der Waals surface area contributed by atoms with Crippen molar-refractivity contribution in [1.29, 1.82) is 0 Å². The second-order valence-corrected chi connectivity index (χ2v) is 4.86. The standard InChI is InChI=1S/C15H24N2O2/c18-9-11-19-10-8-16-7-5-13-3-4-15-14(12-13)2-1-6-17-15/h3-4,12,16-18H,1-2,5-11H2. The molecule has 3 N–H and O–H groups in total. The van der Waals surface area contributed by atoms with Crippen LogP contribution in [0.4, 0.5) is 5.69 Å². The maximum Gasteiger partial charge on any atom is 0.0698 e. The Labute approximate surface area is 115 Å². The Morgan fingerprint density at radius 2 is 2.21 bits per heavy atom. The average Bonchev–Trinajstić information content (AvgIpc) is 2.46. The highest BCUT2D eigenvalue weighted by atomic mass is 16.5. The summed E-state index contributed by atoms with van der Waals surface area (Å²) in [6.07, 6.45) is 3.47. The van der Waals surface area contributed by atoms with Gasteiger partial charge in [0.1, 0.15) is 0 Å². The number of nitrogens with one attached hydrogen (secondary N) is 2. The van der Waals surface area contributed by atoms with Crippen LogP contribution in [-0.2, 0) is 17.6 Å². The van der Waals surface area contributed by atoms with Crippen molar-refractivity contribution in [3.8, 4) is 0 Å². The van der Waals surface area contributed by atoms with Crippen molar-refractivity contribution in [3.05, 3.63) is 29.3 Å². The average molecular weight is 264 g/mol. The fraction of sp³-hybridized carbons (Fsp3) is 0.600. The van der Waals surface area contributed by atoms with Gasteiger partial charge in [-0.2, -0.15) is 0 Å². The lowest BCUT2D eigenvalue weighted by molar-refractivity contribution is 0.0940. The number of hydrogen-bond donors (Lipinski definition) is 3. The van der Waals surface area contributed by atoms with Gasteiger partial charge in [-0.1, -0.05) is 12.1 Å². The SMILES string of the molecule is OCCOCCNCCc1ccc2c(c1)CCCN2. The molecule has 0 fully saturated rings. The lowest BCUT2D eigenvalue weighted by Gasteiger charge is -2.18. The molecular formula is C15H24N2O2. The first-order valence-electron chi connectivity index (χ1n) is 7.15. The van der Waals surface area contributed by atoms with Gasteiger partial charge < -0.3 is 20.5 Å². The molecule has 0 aromatic heterocycles. The highest BCUT2D eigenvalue weighted by molar-refractivity contribution is 5.54. The lowest BCUT2D eigenvalue weighted by atomic mass is 9.99. The number of benzene rings is 1. The summed E-state index contributed by atoms with van der Waals surface area (Å²) in [5.74, 6) is 0. The van der Waals surface area contributed by atoms with E-state index in [1.165, 1.54) is 29.7 Å². The van der Waals surface area contributed by atoms with E-state index in [0.29, 0.717) is 13.2 Å². The minimum absolute atomic E-state index is 0.100. The molecule has 0 unspecified atom stereocenters. The molecule has 1 aliphatic rings. The van der Waals surface area contributed by atoms with Crippen LogP contribution in [0.1, 0.15) is 17.5 Å². The summed E-state index contributed by atoms with van der Waals surface area (Å²) in [7, 11) is 0. The van der Waals surface area contributed by atoms with Crippen molar-refractivity contribution in [2.45, 2.75) is 19.3 Å². The highest BCUT2D eigenvalue weighted by Gasteiger charge is 2.08. The Hall–Kier alpha value is -1.10. The molecule has 0 saturated heterocycles. The molecule has 0 bridgehead atoms. The zero-order valence-corrected chi connectivity index (χ0v) is 11.5. The summed E-state index contributed by atoms with van der Waals surface area (Å²) in [6, 6.07) is 6.74. The third-order valence-corrected chi connectivity index (χ3v) is 3.36. The van der Waals surface area contributed by atoms with Crippen molar-refractivity contribution >= 4 is 5.69 Å². The van der Waals surface area contributed by atoms with Gasteiger partial charge in [0.05, 0.1) is 19.8 Å². The van der Waals surface area contributed by atoms with E-state index in [4.69, 9.17) is 9.84 Å². The van der Waals surface area contributed by atoms with Crippen LogP contribution in [-0.4, -0.2) is 44.6 Å². The predicted octanol–water partition coefficient (Wildman–Crippen LogP) is 1.19. The Morgan fingerprint density at radius 3 is 3.11 bits per heavy atom. The van der Waals surface area contributed by atoms with E-state index in [0.717, 1.165) is 26.1 Å². The van der Waals surface area contributed by atoms with Crippen LogP contribution in [0, 0.1) is 0 Å². The third-order valence-electron chi connectivity index (χ3n) is 3.36. The molecule has 19 heavy (non-hydrogen) atoms. The van der Waals surface area contributed by atoms with Crippen LogP contribution in [0.15, 0.2) is 18.2 Å². The van der Waals surface area contributed by atoms with E-state index in [9.17, 15) is 0 Å². The highest BCUT2D eigenvalue weighted by Crippen LogP contribution is 2.22. The second kappa shape index (κ2) is 8.15. The summed E-state index contributed by atoms with van der Waals surface area (Å²) in [5.41, 5.74) is 4.15. The van der Waals surface area contributed by atoms with Crippen molar-refractivity contribution in [1.82, 2.24) is 5.32 Å². The minimum atomic E-state index is 0.100. The van der Waals surface area contributed by atoms with Gasteiger partial charge in [-0.15, -0.1) is 0 Å². The third kappa shape index (κ3) is 4.82. The maximum absolute atomic E-state index is 8.56. The minimum Gasteiger partial charge on any atom is -0.394 e. The molecule has 0 radical (unpaired) electrons. The Kier molecular flexibility index (Phi) is 6.14. The van der Waals surface area contributed by atoms with E-state index < -0.39 is 0 Å². The molecule has 2 rings (SSSR count). The summed E-state index contributed by atoms with van der Waals surface area (Å²) < 4.78 is 5.19. The van der Waals surface area contributed by atoms with Gasteiger partial charge in [-0.3, -0.25) is 0 Å². The van der Waals surface area contributed by atoms with E-state index in [1.54, 1.807) is 0 Å². The van der Waals surface area contributed by atoms with Gasteiger partial charge in [-0.25, -0.2) is 0 Å².